The van der Waals surface area contributed by atoms with E-state index in [1.807, 2.05) is 0 Å². The van der Waals surface area contributed by atoms with E-state index in [1.54, 1.807) is 24.3 Å². The predicted molar refractivity (Wildman–Crippen MR) is 70.6 cm³/mol. The summed E-state index contributed by atoms with van der Waals surface area (Å²) in [4.78, 5) is 13.8. The van der Waals surface area contributed by atoms with Crippen LogP contribution in [0, 0.1) is 0 Å². The van der Waals surface area contributed by atoms with E-state index in [-0.39, 0.29) is 19.1 Å². The molecule has 0 saturated carbocycles. The van der Waals surface area contributed by atoms with Gasteiger partial charge in [0.05, 0.1) is 25.0 Å². The molecule has 18 heavy (non-hydrogen) atoms. The van der Waals surface area contributed by atoms with Gasteiger partial charge >= 0.3 is 0 Å². The average Bonchev–Trinajstić information content (AvgIpc) is 2.37. The van der Waals surface area contributed by atoms with Gasteiger partial charge in [0.25, 0.3) is 5.91 Å². The van der Waals surface area contributed by atoms with Gasteiger partial charge < -0.3 is 20.5 Å². The molecule has 98 valence electrons. The van der Waals surface area contributed by atoms with Crippen molar-refractivity contribution in [2.45, 2.75) is 0 Å². The summed E-state index contributed by atoms with van der Waals surface area (Å²) in [6, 6.07) is 5.00. The van der Waals surface area contributed by atoms with Crippen LogP contribution in [0.15, 0.2) is 30.9 Å². The number of hydrogen-bond donors (Lipinski definition) is 2. The largest absolute Gasteiger partial charge is 0.494 e. The molecule has 0 bridgehead atoms. The lowest BCUT2D eigenvalue weighted by Gasteiger charge is -2.21. The van der Waals surface area contributed by atoms with E-state index in [0.29, 0.717) is 23.5 Å². The average molecular weight is 250 g/mol. The third kappa shape index (κ3) is 3.01. The van der Waals surface area contributed by atoms with E-state index in [0.717, 1.165) is 0 Å². The Bertz CT molecular complexity index is 432. The number of carbonyl (C=O) groups is 1. The van der Waals surface area contributed by atoms with Crippen molar-refractivity contribution >= 4 is 11.6 Å². The zero-order valence-corrected chi connectivity index (χ0v) is 10.4. The molecular weight excluding hydrogens is 232 g/mol. The third-order valence-corrected chi connectivity index (χ3v) is 2.49. The number of rotatable bonds is 6. The second kappa shape index (κ2) is 6.66. The maximum atomic E-state index is 12.3. The van der Waals surface area contributed by atoms with Gasteiger partial charge in [-0.2, -0.15) is 0 Å². The number of methoxy groups -OCH3 is 1. The first kappa shape index (κ1) is 14.1. The van der Waals surface area contributed by atoms with Crippen LogP contribution >= 0.6 is 0 Å². The number of aliphatic hydroxyl groups is 1. The Morgan fingerprint density at radius 1 is 1.61 bits per heavy atom. The molecule has 0 aliphatic rings. The van der Waals surface area contributed by atoms with Crippen molar-refractivity contribution in [2.24, 2.45) is 0 Å². The molecule has 5 nitrogen and oxygen atoms in total. The molecule has 3 N–H and O–H groups in total. The van der Waals surface area contributed by atoms with E-state index in [9.17, 15) is 4.79 Å². The van der Waals surface area contributed by atoms with Crippen LogP contribution in [0.1, 0.15) is 10.4 Å². The summed E-state index contributed by atoms with van der Waals surface area (Å²) in [6.07, 6.45) is 1.60. The molecule has 0 spiro atoms. The standard InChI is InChI=1S/C13H18N2O3/c1-3-7-15(8-9-16)13(17)10-5-4-6-11(14)12(10)18-2/h3-6,16H,1,7-9,14H2,2H3. The van der Waals surface area contributed by atoms with Crippen LogP contribution in [-0.4, -0.2) is 42.7 Å². The van der Waals surface area contributed by atoms with Gasteiger partial charge in [0.2, 0.25) is 0 Å². The van der Waals surface area contributed by atoms with Crippen molar-refractivity contribution in [1.29, 1.82) is 0 Å². The minimum atomic E-state index is -0.242. The molecule has 1 amide bonds. The van der Waals surface area contributed by atoms with Crippen LogP contribution in [0.25, 0.3) is 0 Å². The van der Waals surface area contributed by atoms with Gasteiger partial charge in [0.15, 0.2) is 5.75 Å². The number of anilines is 1. The molecule has 0 radical (unpaired) electrons. The molecule has 1 aromatic rings. The summed E-state index contributed by atoms with van der Waals surface area (Å²) < 4.78 is 5.14. The van der Waals surface area contributed by atoms with Gasteiger partial charge in [-0.25, -0.2) is 0 Å². The van der Waals surface area contributed by atoms with Crippen molar-refractivity contribution in [1.82, 2.24) is 4.90 Å². The number of nitrogen functional groups attached to an aromatic ring is 1. The van der Waals surface area contributed by atoms with Crippen molar-refractivity contribution < 1.29 is 14.6 Å². The fourth-order valence-corrected chi connectivity index (χ4v) is 1.67. The van der Waals surface area contributed by atoms with Crippen molar-refractivity contribution in [3.8, 4) is 5.75 Å². The quantitative estimate of drug-likeness (QED) is 0.581. The van der Waals surface area contributed by atoms with E-state index in [1.165, 1.54) is 12.0 Å². The Labute approximate surface area is 106 Å². The molecule has 0 saturated heterocycles. The number of amides is 1. The Morgan fingerprint density at radius 3 is 2.89 bits per heavy atom. The molecular formula is C13H18N2O3. The number of ether oxygens (including phenoxy) is 1. The monoisotopic (exact) mass is 250 g/mol. The molecule has 0 fully saturated rings. The van der Waals surface area contributed by atoms with Gasteiger partial charge in [-0.1, -0.05) is 12.1 Å². The molecule has 5 heteroatoms. The molecule has 0 aromatic heterocycles. The predicted octanol–water partition coefficient (Wildman–Crippen LogP) is 0.898. The van der Waals surface area contributed by atoms with Crippen LogP contribution in [0.2, 0.25) is 0 Å². The fourth-order valence-electron chi connectivity index (χ4n) is 1.67. The Balaban J connectivity index is 3.07. The van der Waals surface area contributed by atoms with Crippen LogP contribution in [0.3, 0.4) is 0 Å². The Hall–Kier alpha value is -2.01. The second-order valence-electron chi connectivity index (χ2n) is 3.69. The third-order valence-electron chi connectivity index (χ3n) is 2.49. The Kier molecular flexibility index (Phi) is 5.20. The Morgan fingerprint density at radius 2 is 2.33 bits per heavy atom. The minimum absolute atomic E-state index is 0.107. The molecule has 1 aromatic carbocycles. The highest BCUT2D eigenvalue weighted by Gasteiger charge is 2.19. The lowest BCUT2D eigenvalue weighted by molar-refractivity contribution is 0.0739. The maximum absolute atomic E-state index is 12.3. The molecule has 0 unspecified atom stereocenters. The van der Waals surface area contributed by atoms with Gasteiger partial charge in [-0.15, -0.1) is 6.58 Å². The smallest absolute Gasteiger partial charge is 0.258 e. The number of benzene rings is 1. The number of nitrogens with zero attached hydrogens (tertiary/aromatic N) is 1. The summed E-state index contributed by atoms with van der Waals surface area (Å²) in [5, 5.41) is 8.96. The second-order valence-corrected chi connectivity index (χ2v) is 3.69. The summed E-state index contributed by atoms with van der Waals surface area (Å²) in [7, 11) is 1.46. The number of para-hydroxylation sites is 1. The van der Waals surface area contributed by atoms with Crippen LogP contribution in [-0.2, 0) is 0 Å². The number of carbonyl (C=O) groups excluding carboxylic acids is 1. The topological polar surface area (TPSA) is 75.8 Å². The van der Waals surface area contributed by atoms with E-state index in [4.69, 9.17) is 15.6 Å². The lowest BCUT2D eigenvalue weighted by Crippen LogP contribution is -2.34. The first-order valence-corrected chi connectivity index (χ1v) is 5.59. The fraction of sp³-hybridized carbons (Fsp3) is 0.308. The SMILES string of the molecule is C=CCN(CCO)C(=O)c1cccc(N)c1OC. The van der Waals surface area contributed by atoms with Gasteiger partial charge in [-0.3, -0.25) is 4.79 Å². The summed E-state index contributed by atoms with van der Waals surface area (Å²) in [6.45, 7) is 4.08. The van der Waals surface area contributed by atoms with E-state index in [2.05, 4.69) is 6.58 Å². The summed E-state index contributed by atoms with van der Waals surface area (Å²) in [5.74, 6) is 0.114. The number of nitrogens with two attached hydrogens (primary N) is 1. The number of aliphatic hydroxyl groups excluding tert-OH is 1. The lowest BCUT2D eigenvalue weighted by atomic mass is 10.1. The molecule has 0 atom stereocenters. The summed E-state index contributed by atoms with van der Waals surface area (Å²) in [5.41, 5.74) is 6.54. The van der Waals surface area contributed by atoms with Crippen molar-refractivity contribution in [2.75, 3.05) is 32.5 Å². The van der Waals surface area contributed by atoms with Crippen LogP contribution < -0.4 is 10.5 Å². The van der Waals surface area contributed by atoms with Gasteiger partial charge in [0, 0.05) is 13.1 Å². The van der Waals surface area contributed by atoms with Gasteiger partial charge in [-0.05, 0) is 12.1 Å². The van der Waals surface area contributed by atoms with Crippen molar-refractivity contribution in [3.63, 3.8) is 0 Å². The summed E-state index contributed by atoms with van der Waals surface area (Å²) >= 11 is 0. The normalized spacial score (nSPS) is 9.89. The molecule has 0 aliphatic heterocycles. The first-order valence-electron chi connectivity index (χ1n) is 5.59. The minimum Gasteiger partial charge on any atom is -0.494 e. The highest BCUT2D eigenvalue weighted by molar-refractivity contribution is 5.98. The van der Waals surface area contributed by atoms with E-state index >= 15 is 0 Å². The van der Waals surface area contributed by atoms with Crippen LogP contribution in [0.4, 0.5) is 5.69 Å². The molecule has 1 rings (SSSR count). The first-order chi connectivity index (χ1) is 8.65. The van der Waals surface area contributed by atoms with Crippen molar-refractivity contribution in [3.05, 3.63) is 36.4 Å². The zero-order chi connectivity index (χ0) is 13.5. The van der Waals surface area contributed by atoms with Crippen LogP contribution in [0.5, 0.6) is 5.75 Å². The maximum Gasteiger partial charge on any atom is 0.258 e. The molecule has 0 heterocycles. The van der Waals surface area contributed by atoms with E-state index < -0.39 is 0 Å². The highest BCUT2D eigenvalue weighted by Crippen LogP contribution is 2.26. The zero-order valence-electron chi connectivity index (χ0n) is 10.4. The highest BCUT2D eigenvalue weighted by atomic mass is 16.5. The molecule has 0 aliphatic carbocycles. The number of hydrogen-bond acceptors (Lipinski definition) is 4. The van der Waals surface area contributed by atoms with Gasteiger partial charge in [0.1, 0.15) is 0 Å².